The number of nitrogens with one attached hydrogen (secondary N) is 1. The summed E-state index contributed by atoms with van der Waals surface area (Å²) in [6, 6.07) is 5.21. The molecule has 270 valence electrons. The van der Waals surface area contributed by atoms with Crippen LogP contribution in [0.5, 0.6) is 17.2 Å². The molecule has 50 heavy (non-hydrogen) atoms. The van der Waals surface area contributed by atoms with E-state index in [1.54, 1.807) is 18.4 Å². The number of esters is 4. The fraction of sp³-hybridized carbons (Fsp3) is 0.471. The van der Waals surface area contributed by atoms with Crippen LogP contribution in [0.2, 0.25) is 0 Å². The zero-order valence-electron chi connectivity index (χ0n) is 31.3. The molecule has 15 nitrogen and oxygen atoms in total. The Morgan fingerprint density at radius 2 is 1.54 bits per heavy atom. The molecule has 1 N–H and O–H groups in total. The van der Waals surface area contributed by atoms with Gasteiger partial charge in [0, 0.05) is 37.3 Å². The van der Waals surface area contributed by atoms with Crippen LogP contribution in [-0.4, -0.2) is 88.1 Å². The third kappa shape index (κ3) is 8.13. The molecular weight excluding hydrogens is 678 g/mol. The maximum absolute atomic E-state index is 13.2. The molecule has 0 bridgehead atoms. The lowest BCUT2D eigenvalue weighted by Crippen LogP contribution is -2.64. The summed E-state index contributed by atoms with van der Waals surface area (Å²) in [5.74, 6) is -4.90. The Kier molecular flexibility index (Phi) is 10.9. The highest BCUT2D eigenvalue weighted by atomic mass is 32.2. The number of amides is 1. The summed E-state index contributed by atoms with van der Waals surface area (Å²) in [6.07, 6.45) is -6.35. The highest BCUT2D eigenvalue weighted by Gasteiger charge is 2.56. The number of hydrogen-bond donors (Lipinski definition) is 1. The van der Waals surface area contributed by atoms with Crippen molar-refractivity contribution in [3.05, 3.63) is 45.6 Å². The Hall–Kier alpha value is -4.83. The molecule has 1 aliphatic heterocycles. The average Bonchev–Trinajstić information content (AvgIpc) is 3.32. The van der Waals surface area contributed by atoms with Gasteiger partial charge >= 0.3 is 23.9 Å². The van der Waals surface area contributed by atoms with Gasteiger partial charge in [-0.15, -0.1) is 11.8 Å². The van der Waals surface area contributed by atoms with Gasteiger partial charge in [0.25, 0.3) is 0 Å². The van der Waals surface area contributed by atoms with Crippen molar-refractivity contribution in [3.63, 3.8) is 0 Å². The molecule has 0 unspecified atom stereocenters. The molecule has 2 aromatic carbocycles. The number of ether oxygens (including phenoxy) is 8. The minimum atomic E-state index is -2.97. The Balaban J connectivity index is 1.94. The SMILES string of the molecule is [2H]C([2H])([2H])C(=O)N[C@H]1CCc2cc(O[C@H]3O[C@@H](C(=O)OC)[C@H](OC(C)=O)[C@@H](OC(C)=O)[C@@H]3OC(C)=O)c(OC)c(OC)c2-c2ccc(SC)c(=O)cc21. The summed E-state index contributed by atoms with van der Waals surface area (Å²) in [5.41, 5.74) is 1.34. The molecule has 1 fully saturated rings. The van der Waals surface area contributed by atoms with Crippen LogP contribution in [0.3, 0.4) is 0 Å². The number of rotatable bonds is 10. The van der Waals surface area contributed by atoms with E-state index in [1.807, 2.05) is 0 Å². The Morgan fingerprint density at radius 3 is 2.12 bits per heavy atom. The molecule has 16 heteroatoms. The molecule has 4 rings (SSSR count). The van der Waals surface area contributed by atoms with Crippen LogP contribution in [0.4, 0.5) is 0 Å². The van der Waals surface area contributed by atoms with Gasteiger partial charge in [-0.1, -0.05) is 6.07 Å². The molecule has 0 aromatic heterocycles. The third-order valence-electron chi connectivity index (χ3n) is 7.88. The number of benzene rings is 1. The molecule has 0 radical (unpaired) electrons. The predicted octanol–water partition coefficient (Wildman–Crippen LogP) is 2.65. The first-order valence-electron chi connectivity index (χ1n) is 16.7. The standard InChI is InChI=1S/C34H39NO14S/c1-15(36)35-22-11-9-19-13-24(27(42-5)28(43-6)26(19)20-10-12-25(50-8)23(40)14-21(20)22)48-34-32(47-18(4)39)30(46-17(3)38)29(45-16(2)37)31(49-34)33(41)44-7/h10,12-14,22,29-32,34H,9,11H2,1-8H3,(H,35,36)/t22-,29+,30+,31+,32-,34-/m0/s1/i1D3. The quantitative estimate of drug-likeness (QED) is 0.214. The third-order valence-corrected chi connectivity index (χ3v) is 8.66. The van der Waals surface area contributed by atoms with Gasteiger partial charge in [-0.2, -0.15) is 0 Å². The van der Waals surface area contributed by atoms with Gasteiger partial charge in [0.05, 0.1) is 32.3 Å². The molecule has 1 saturated heterocycles. The van der Waals surface area contributed by atoms with Gasteiger partial charge in [0.15, 0.2) is 35.2 Å². The summed E-state index contributed by atoms with van der Waals surface area (Å²) in [4.78, 5) is 76.1. The van der Waals surface area contributed by atoms with E-state index >= 15 is 0 Å². The van der Waals surface area contributed by atoms with Crippen molar-refractivity contribution in [2.24, 2.45) is 0 Å². The Labute approximate surface area is 296 Å². The van der Waals surface area contributed by atoms with Crippen LogP contribution in [0.15, 0.2) is 34.0 Å². The lowest BCUT2D eigenvalue weighted by Gasteiger charge is -2.43. The number of carbonyl (C=O) groups is 5. The molecule has 0 spiro atoms. The van der Waals surface area contributed by atoms with Crippen molar-refractivity contribution in [2.75, 3.05) is 27.6 Å². The highest BCUT2D eigenvalue weighted by Crippen LogP contribution is 2.51. The second-order valence-corrected chi connectivity index (χ2v) is 12.0. The number of hydrogen-bond acceptors (Lipinski definition) is 15. The van der Waals surface area contributed by atoms with E-state index in [9.17, 15) is 28.8 Å². The largest absolute Gasteiger partial charge is 0.492 e. The van der Waals surface area contributed by atoms with Crippen LogP contribution >= 0.6 is 11.8 Å². The second-order valence-electron chi connectivity index (χ2n) is 11.1. The lowest BCUT2D eigenvalue weighted by atomic mass is 9.95. The number of carbonyl (C=O) groups excluding carboxylic acids is 5. The maximum atomic E-state index is 13.2. The predicted molar refractivity (Wildman–Crippen MR) is 176 cm³/mol. The van der Waals surface area contributed by atoms with Crippen molar-refractivity contribution in [2.45, 2.75) is 82.1 Å². The number of thioether (sulfide) groups is 1. The number of aryl methyl sites for hydroxylation is 1. The van der Waals surface area contributed by atoms with E-state index in [0.717, 1.165) is 27.9 Å². The minimum Gasteiger partial charge on any atom is -0.492 e. The van der Waals surface area contributed by atoms with Crippen molar-refractivity contribution in [1.82, 2.24) is 5.32 Å². The molecule has 0 saturated carbocycles. The number of fused-ring (bicyclic) bond motifs is 3. The van der Waals surface area contributed by atoms with Gasteiger partial charge in [0.2, 0.25) is 24.1 Å². The Bertz CT molecular complexity index is 1840. The lowest BCUT2D eigenvalue weighted by molar-refractivity contribution is -0.282. The van der Waals surface area contributed by atoms with Gasteiger partial charge in [-0.05, 0) is 54.0 Å². The van der Waals surface area contributed by atoms with E-state index in [1.165, 1.54) is 38.1 Å². The molecule has 2 aliphatic rings. The zero-order valence-corrected chi connectivity index (χ0v) is 29.1. The first kappa shape index (κ1) is 33.7. The molecule has 1 heterocycles. The van der Waals surface area contributed by atoms with Crippen LogP contribution in [0.1, 0.15) is 55.3 Å². The Morgan fingerprint density at radius 1 is 0.900 bits per heavy atom. The summed E-state index contributed by atoms with van der Waals surface area (Å²) >= 11 is 1.20. The topological polar surface area (TPSA) is 188 Å². The van der Waals surface area contributed by atoms with E-state index in [-0.39, 0.29) is 35.5 Å². The summed E-state index contributed by atoms with van der Waals surface area (Å²) < 4.78 is 67.9. The van der Waals surface area contributed by atoms with E-state index in [0.29, 0.717) is 27.1 Å². The summed E-state index contributed by atoms with van der Waals surface area (Å²) in [6.45, 7) is 0.197. The van der Waals surface area contributed by atoms with Crippen molar-refractivity contribution < 1.29 is 66.0 Å². The zero-order chi connectivity index (χ0) is 39.4. The fourth-order valence-corrected chi connectivity index (χ4v) is 6.47. The summed E-state index contributed by atoms with van der Waals surface area (Å²) in [5, 5.41) is 2.56. The highest BCUT2D eigenvalue weighted by molar-refractivity contribution is 7.98. The van der Waals surface area contributed by atoms with E-state index < -0.39 is 73.4 Å². The van der Waals surface area contributed by atoms with Crippen LogP contribution < -0.4 is 25.0 Å². The van der Waals surface area contributed by atoms with E-state index in [2.05, 4.69) is 5.32 Å². The van der Waals surface area contributed by atoms with Crippen molar-refractivity contribution in [3.8, 4) is 28.4 Å². The fourth-order valence-electron chi connectivity index (χ4n) is 6.01. The maximum Gasteiger partial charge on any atom is 0.339 e. The normalized spacial score (nSPS) is 23.5. The molecular formula is C34H39NO14S. The van der Waals surface area contributed by atoms with Gasteiger partial charge in [-0.3, -0.25) is 24.0 Å². The van der Waals surface area contributed by atoms with Crippen LogP contribution in [0.25, 0.3) is 11.1 Å². The number of methoxy groups -OCH3 is 3. The van der Waals surface area contributed by atoms with Gasteiger partial charge in [0.1, 0.15) is 0 Å². The van der Waals surface area contributed by atoms with Gasteiger partial charge in [-0.25, -0.2) is 4.79 Å². The van der Waals surface area contributed by atoms with Gasteiger partial charge < -0.3 is 43.2 Å². The second kappa shape index (κ2) is 16.3. The summed E-state index contributed by atoms with van der Waals surface area (Å²) in [7, 11) is 3.71. The first-order chi connectivity index (χ1) is 24.9. The average molecular weight is 721 g/mol. The molecule has 1 amide bonds. The van der Waals surface area contributed by atoms with Crippen molar-refractivity contribution in [1.29, 1.82) is 0 Å². The van der Waals surface area contributed by atoms with Crippen LogP contribution in [-0.2, 0) is 54.1 Å². The molecule has 2 aromatic rings. The van der Waals surface area contributed by atoms with Crippen LogP contribution in [0, 0.1) is 0 Å². The smallest absolute Gasteiger partial charge is 0.339 e. The monoisotopic (exact) mass is 720 g/mol. The van der Waals surface area contributed by atoms with Crippen molar-refractivity contribution >= 4 is 41.5 Å². The minimum absolute atomic E-state index is 0.0351. The van der Waals surface area contributed by atoms with E-state index in [4.69, 9.17) is 42.0 Å². The molecule has 1 aliphatic carbocycles. The molecule has 6 atom stereocenters. The first-order valence-corrected chi connectivity index (χ1v) is 16.4.